The quantitative estimate of drug-likeness (QED) is 0.525. The van der Waals surface area contributed by atoms with Crippen LogP contribution in [0.3, 0.4) is 0 Å². The van der Waals surface area contributed by atoms with Gasteiger partial charge in [0.2, 0.25) is 0 Å². The molecule has 0 bridgehead atoms. The van der Waals surface area contributed by atoms with Crippen molar-refractivity contribution >= 4 is 21.9 Å². The first kappa shape index (κ1) is 9.00. The Hall–Kier alpha value is -0.0900. The average molecular weight is 223 g/mol. The molecular formula is C7H11BrO3. The third-order valence-electron chi connectivity index (χ3n) is 1.99. The Kier molecular flexibility index (Phi) is 2.90. The zero-order chi connectivity index (χ0) is 8.43. The molecule has 1 saturated carbocycles. The van der Waals surface area contributed by atoms with Crippen molar-refractivity contribution in [3.63, 3.8) is 0 Å². The summed E-state index contributed by atoms with van der Waals surface area (Å²) in [5.41, 5.74) is 0. The predicted molar refractivity (Wildman–Crippen MR) is 43.5 cm³/mol. The summed E-state index contributed by atoms with van der Waals surface area (Å²) < 4.78 is 4.56. The van der Waals surface area contributed by atoms with Crippen molar-refractivity contribution in [3.8, 4) is 0 Å². The first-order valence-corrected chi connectivity index (χ1v) is 4.46. The number of ether oxygens (including phenoxy) is 1. The molecule has 0 amide bonds. The Balaban J connectivity index is 2.46. The number of esters is 1. The van der Waals surface area contributed by atoms with Crippen LogP contribution in [0, 0.1) is 5.92 Å². The van der Waals surface area contributed by atoms with E-state index in [0.29, 0.717) is 12.8 Å². The first-order chi connectivity index (χ1) is 5.15. The van der Waals surface area contributed by atoms with E-state index < -0.39 is 6.10 Å². The van der Waals surface area contributed by atoms with Crippen LogP contribution in [0.15, 0.2) is 0 Å². The monoisotopic (exact) mass is 222 g/mol. The topological polar surface area (TPSA) is 46.5 Å². The Morgan fingerprint density at radius 1 is 1.64 bits per heavy atom. The average Bonchev–Trinajstić information content (AvgIpc) is 2.31. The number of halogens is 1. The van der Waals surface area contributed by atoms with Gasteiger partial charge < -0.3 is 9.84 Å². The third-order valence-corrected chi connectivity index (χ3v) is 2.97. The minimum atomic E-state index is -0.404. The molecule has 0 radical (unpaired) electrons. The van der Waals surface area contributed by atoms with Gasteiger partial charge in [0, 0.05) is 4.83 Å². The molecule has 1 N–H and O–H groups in total. The Morgan fingerprint density at radius 2 is 2.27 bits per heavy atom. The van der Waals surface area contributed by atoms with E-state index in [2.05, 4.69) is 20.7 Å². The summed E-state index contributed by atoms with van der Waals surface area (Å²) >= 11 is 3.28. The highest BCUT2D eigenvalue weighted by molar-refractivity contribution is 9.09. The highest BCUT2D eigenvalue weighted by Gasteiger charge is 2.35. The second-order valence-electron chi connectivity index (χ2n) is 2.77. The molecule has 0 aromatic rings. The van der Waals surface area contributed by atoms with Crippen molar-refractivity contribution in [3.05, 3.63) is 0 Å². The molecule has 1 fully saturated rings. The molecule has 1 unspecified atom stereocenters. The molecule has 4 heteroatoms. The van der Waals surface area contributed by atoms with E-state index in [1.165, 1.54) is 7.11 Å². The number of alkyl halides is 1. The lowest BCUT2D eigenvalue weighted by Gasteiger charge is -2.04. The van der Waals surface area contributed by atoms with Gasteiger partial charge in [0.1, 0.15) is 0 Å². The molecule has 11 heavy (non-hydrogen) atoms. The fourth-order valence-electron chi connectivity index (χ4n) is 1.32. The Morgan fingerprint density at radius 3 is 2.64 bits per heavy atom. The normalized spacial score (nSPS) is 37.2. The Labute approximate surface area is 73.9 Å². The largest absolute Gasteiger partial charge is 0.469 e. The minimum Gasteiger partial charge on any atom is -0.469 e. The van der Waals surface area contributed by atoms with Crippen molar-refractivity contribution in [2.24, 2.45) is 5.92 Å². The maximum Gasteiger partial charge on any atom is 0.308 e. The molecule has 0 heterocycles. The van der Waals surface area contributed by atoms with Crippen LogP contribution in [-0.4, -0.2) is 29.1 Å². The van der Waals surface area contributed by atoms with Crippen LogP contribution in [0.1, 0.15) is 12.8 Å². The number of hydrogen-bond donors (Lipinski definition) is 1. The summed E-state index contributed by atoms with van der Waals surface area (Å²) in [5.74, 6) is -0.342. The third kappa shape index (κ3) is 1.93. The molecular weight excluding hydrogens is 212 g/mol. The van der Waals surface area contributed by atoms with E-state index in [-0.39, 0.29) is 16.7 Å². The second kappa shape index (κ2) is 3.54. The van der Waals surface area contributed by atoms with Crippen molar-refractivity contribution in [1.29, 1.82) is 0 Å². The summed E-state index contributed by atoms with van der Waals surface area (Å²) in [5, 5.41) is 9.26. The SMILES string of the molecule is COC(=O)C1C[C@@H](O)[C@H](Br)C1. The summed E-state index contributed by atoms with van der Waals surface area (Å²) in [6.07, 6.45) is 0.787. The molecule has 3 nitrogen and oxygen atoms in total. The molecule has 0 spiro atoms. The van der Waals surface area contributed by atoms with Crippen molar-refractivity contribution < 1.29 is 14.6 Å². The fourth-order valence-corrected chi connectivity index (χ4v) is 1.99. The fraction of sp³-hybridized carbons (Fsp3) is 0.857. The molecule has 1 aliphatic carbocycles. The number of carbonyl (C=O) groups excluding carboxylic acids is 1. The minimum absolute atomic E-state index is 0.0478. The molecule has 0 aromatic carbocycles. The predicted octanol–water partition coefficient (Wildman–Crippen LogP) is 0.694. The molecule has 0 saturated heterocycles. The molecule has 1 rings (SSSR count). The number of rotatable bonds is 1. The van der Waals surface area contributed by atoms with Crippen LogP contribution in [0.2, 0.25) is 0 Å². The lowest BCUT2D eigenvalue weighted by atomic mass is 10.1. The van der Waals surface area contributed by atoms with Gasteiger partial charge in [-0.3, -0.25) is 4.79 Å². The summed E-state index contributed by atoms with van der Waals surface area (Å²) in [6.45, 7) is 0. The Bertz CT molecular complexity index is 150. The van der Waals surface area contributed by atoms with Gasteiger partial charge in [-0.1, -0.05) is 15.9 Å². The van der Waals surface area contributed by atoms with Crippen molar-refractivity contribution in [2.45, 2.75) is 23.8 Å². The zero-order valence-corrected chi connectivity index (χ0v) is 7.87. The van der Waals surface area contributed by atoms with Gasteiger partial charge in [-0.15, -0.1) is 0 Å². The van der Waals surface area contributed by atoms with Gasteiger partial charge >= 0.3 is 5.97 Å². The molecule has 3 atom stereocenters. The zero-order valence-electron chi connectivity index (χ0n) is 6.29. The summed E-state index contributed by atoms with van der Waals surface area (Å²) in [6, 6.07) is 0. The second-order valence-corrected chi connectivity index (χ2v) is 3.95. The number of hydrogen-bond acceptors (Lipinski definition) is 3. The van der Waals surface area contributed by atoms with Crippen LogP contribution >= 0.6 is 15.9 Å². The maximum atomic E-state index is 11.0. The first-order valence-electron chi connectivity index (χ1n) is 3.55. The molecule has 0 aliphatic heterocycles. The highest BCUT2D eigenvalue weighted by atomic mass is 79.9. The molecule has 64 valence electrons. The summed E-state index contributed by atoms with van der Waals surface area (Å²) in [7, 11) is 1.37. The van der Waals surface area contributed by atoms with Gasteiger partial charge in [0.15, 0.2) is 0 Å². The van der Waals surface area contributed by atoms with Crippen LogP contribution in [0.5, 0.6) is 0 Å². The summed E-state index contributed by atoms with van der Waals surface area (Å²) in [4.78, 5) is 11.0. The highest BCUT2D eigenvalue weighted by Crippen LogP contribution is 2.31. The van der Waals surface area contributed by atoms with Gasteiger partial charge in [0.05, 0.1) is 19.1 Å². The van der Waals surface area contributed by atoms with E-state index >= 15 is 0 Å². The van der Waals surface area contributed by atoms with Crippen LogP contribution in [0.4, 0.5) is 0 Å². The van der Waals surface area contributed by atoms with E-state index in [1.807, 2.05) is 0 Å². The smallest absolute Gasteiger partial charge is 0.308 e. The molecule has 1 aliphatic rings. The van der Waals surface area contributed by atoms with E-state index in [4.69, 9.17) is 0 Å². The van der Waals surface area contributed by atoms with Gasteiger partial charge in [-0.2, -0.15) is 0 Å². The van der Waals surface area contributed by atoms with Crippen molar-refractivity contribution in [1.82, 2.24) is 0 Å². The number of aliphatic hydroxyl groups is 1. The van der Waals surface area contributed by atoms with Crippen LogP contribution < -0.4 is 0 Å². The number of carbonyl (C=O) groups is 1. The maximum absolute atomic E-state index is 11.0. The van der Waals surface area contributed by atoms with Gasteiger partial charge in [-0.05, 0) is 12.8 Å². The standard InChI is InChI=1S/C7H11BrO3/c1-11-7(10)4-2-5(8)6(9)3-4/h4-6,9H,2-3H2,1H3/t4?,5-,6-/m1/s1. The lowest BCUT2D eigenvalue weighted by Crippen LogP contribution is -2.13. The van der Waals surface area contributed by atoms with E-state index in [1.54, 1.807) is 0 Å². The molecule has 0 aromatic heterocycles. The van der Waals surface area contributed by atoms with Gasteiger partial charge in [0.25, 0.3) is 0 Å². The van der Waals surface area contributed by atoms with E-state index in [9.17, 15) is 9.90 Å². The van der Waals surface area contributed by atoms with Gasteiger partial charge in [-0.25, -0.2) is 0 Å². The van der Waals surface area contributed by atoms with Crippen LogP contribution in [-0.2, 0) is 9.53 Å². The van der Waals surface area contributed by atoms with Crippen molar-refractivity contribution in [2.75, 3.05) is 7.11 Å². The lowest BCUT2D eigenvalue weighted by molar-refractivity contribution is -0.145. The van der Waals surface area contributed by atoms with E-state index in [0.717, 1.165) is 0 Å². The number of aliphatic hydroxyl groups excluding tert-OH is 1. The number of methoxy groups -OCH3 is 1. The van der Waals surface area contributed by atoms with Crippen LogP contribution in [0.25, 0.3) is 0 Å².